The number of alkyl halides is 3. The van der Waals surface area contributed by atoms with Crippen molar-refractivity contribution in [2.24, 2.45) is 5.92 Å². The number of methoxy groups -OCH3 is 1. The summed E-state index contributed by atoms with van der Waals surface area (Å²) < 4.78 is 86.6. The predicted molar refractivity (Wildman–Crippen MR) is 145 cm³/mol. The Hall–Kier alpha value is -3.72. The van der Waals surface area contributed by atoms with Crippen LogP contribution >= 0.6 is 0 Å². The van der Waals surface area contributed by atoms with Crippen molar-refractivity contribution in [3.8, 4) is 17.2 Å². The minimum absolute atomic E-state index is 0.0518. The average Bonchev–Trinajstić information content (AvgIpc) is 3.38. The Kier molecular flexibility index (Phi) is 9.11. The first-order valence-corrected chi connectivity index (χ1v) is 14.7. The van der Waals surface area contributed by atoms with E-state index in [0.717, 1.165) is 6.07 Å². The number of nitrogens with zero attached hydrogens (tertiary/aromatic N) is 2. The number of sulfonamides is 1. The maximum Gasteiger partial charge on any atom is 0.404 e. The number of anilines is 1. The maximum atomic E-state index is 13.7. The van der Waals surface area contributed by atoms with Crippen molar-refractivity contribution in [2.75, 3.05) is 51.1 Å². The normalized spacial score (nSPS) is 21.6. The number of fused-ring (bicyclic) bond motifs is 2. The summed E-state index contributed by atoms with van der Waals surface area (Å²) >= 11 is 0. The first-order valence-electron chi connectivity index (χ1n) is 13.0. The largest absolute Gasteiger partial charge is 0.491 e. The second-order valence-electron chi connectivity index (χ2n) is 10.3. The topological polar surface area (TPSA) is 124 Å². The molecule has 0 radical (unpaired) electrons. The molecular formula is C27H32F3N3O8S. The van der Waals surface area contributed by atoms with Crippen LogP contribution in [-0.4, -0.2) is 94.8 Å². The van der Waals surface area contributed by atoms with Crippen molar-refractivity contribution in [1.82, 2.24) is 9.80 Å². The third-order valence-electron chi connectivity index (χ3n) is 6.95. The van der Waals surface area contributed by atoms with Crippen molar-refractivity contribution < 1.29 is 50.1 Å². The first-order chi connectivity index (χ1) is 19.7. The van der Waals surface area contributed by atoms with Gasteiger partial charge in [-0.15, -0.1) is 0 Å². The van der Waals surface area contributed by atoms with Gasteiger partial charge in [-0.25, -0.2) is 8.42 Å². The molecule has 2 heterocycles. The molecule has 0 saturated heterocycles. The highest BCUT2D eigenvalue weighted by Crippen LogP contribution is 2.33. The van der Waals surface area contributed by atoms with E-state index >= 15 is 0 Å². The van der Waals surface area contributed by atoms with E-state index in [9.17, 15) is 31.2 Å². The van der Waals surface area contributed by atoms with E-state index in [1.54, 1.807) is 30.0 Å². The fraction of sp³-hybridized carbons (Fsp3) is 0.481. The lowest BCUT2D eigenvalue weighted by atomic mass is 10.0. The van der Waals surface area contributed by atoms with E-state index in [1.807, 2.05) is 11.6 Å². The van der Waals surface area contributed by atoms with Crippen molar-refractivity contribution in [2.45, 2.75) is 32.2 Å². The van der Waals surface area contributed by atoms with Gasteiger partial charge < -0.3 is 28.7 Å². The third-order valence-corrected chi connectivity index (χ3v) is 8.21. The molecule has 2 aliphatic heterocycles. The summed E-state index contributed by atoms with van der Waals surface area (Å²) in [6.45, 7) is 4.03. The van der Waals surface area contributed by atoms with E-state index in [0.29, 0.717) is 17.1 Å². The van der Waals surface area contributed by atoms with Gasteiger partial charge in [0.15, 0.2) is 17.3 Å². The summed E-state index contributed by atoms with van der Waals surface area (Å²) in [5, 5.41) is 0. The van der Waals surface area contributed by atoms with Crippen LogP contribution < -0.4 is 18.9 Å². The summed E-state index contributed by atoms with van der Waals surface area (Å²) in [6, 6.07) is 8.02. The van der Waals surface area contributed by atoms with Crippen LogP contribution in [0.5, 0.6) is 17.2 Å². The molecule has 15 heteroatoms. The number of carbonyl (C=O) groups excluding carboxylic acids is 2. The summed E-state index contributed by atoms with van der Waals surface area (Å²) in [5.74, 6) is -2.12. The summed E-state index contributed by atoms with van der Waals surface area (Å²) in [5.41, 5.74) is 0.0660. The zero-order valence-electron chi connectivity index (χ0n) is 23.4. The van der Waals surface area contributed by atoms with Crippen molar-refractivity contribution in [3.63, 3.8) is 0 Å². The third kappa shape index (κ3) is 7.37. The van der Waals surface area contributed by atoms with Gasteiger partial charge in [-0.2, -0.15) is 13.2 Å². The van der Waals surface area contributed by atoms with Gasteiger partial charge in [0.1, 0.15) is 12.4 Å². The van der Waals surface area contributed by atoms with Crippen molar-refractivity contribution in [1.29, 1.82) is 0 Å². The number of ether oxygens (including phenoxy) is 4. The lowest BCUT2D eigenvalue weighted by Gasteiger charge is -2.36. The molecule has 0 bridgehead atoms. The van der Waals surface area contributed by atoms with Crippen LogP contribution in [0.4, 0.5) is 18.9 Å². The van der Waals surface area contributed by atoms with Crippen molar-refractivity contribution in [3.05, 3.63) is 47.5 Å². The van der Waals surface area contributed by atoms with E-state index in [2.05, 4.69) is 0 Å². The highest BCUT2D eigenvalue weighted by atomic mass is 32.2. The molecule has 3 atom stereocenters. The average molecular weight is 616 g/mol. The summed E-state index contributed by atoms with van der Waals surface area (Å²) in [7, 11) is -1.79. The molecule has 0 spiro atoms. The first kappa shape index (κ1) is 31.2. The molecule has 4 rings (SSSR count). The fourth-order valence-corrected chi connectivity index (χ4v) is 5.74. The van der Waals surface area contributed by atoms with Crippen LogP contribution in [-0.2, 0) is 14.8 Å². The smallest absolute Gasteiger partial charge is 0.404 e. The number of hydrogen-bond acceptors (Lipinski definition) is 8. The molecule has 230 valence electrons. The lowest BCUT2D eigenvalue weighted by molar-refractivity contribution is -0.106. The molecule has 0 saturated carbocycles. The standard InChI is InChI=1S/C27H32F3N3O8S/c1-16-11-33(25(34)18-5-7-22-23(9-18)41-15-40-22)17(2)13-39-21-8-6-19(31-42(36,37)14-27(28,29)30)10-20(21)26(35)32(3)12-24(16)38-4/h5-10,16-17,24,31H,11-15H2,1-4H3/t16-,17-,24+/m0/s1. The fourth-order valence-electron chi connectivity index (χ4n) is 4.75. The van der Waals surface area contributed by atoms with Crippen LogP contribution in [0.15, 0.2) is 36.4 Å². The van der Waals surface area contributed by atoms with Gasteiger partial charge in [0.05, 0.1) is 17.7 Å². The molecule has 0 aromatic heterocycles. The predicted octanol–water partition coefficient (Wildman–Crippen LogP) is 3.37. The number of carbonyl (C=O) groups is 2. The molecule has 2 aromatic carbocycles. The molecule has 0 fully saturated rings. The molecular weight excluding hydrogens is 583 g/mol. The van der Waals surface area contributed by atoms with Gasteiger partial charge in [0.25, 0.3) is 11.8 Å². The van der Waals surface area contributed by atoms with Gasteiger partial charge in [0.2, 0.25) is 16.8 Å². The van der Waals surface area contributed by atoms with E-state index in [-0.39, 0.29) is 55.3 Å². The second-order valence-corrected chi connectivity index (χ2v) is 12.0. The van der Waals surface area contributed by atoms with Gasteiger partial charge >= 0.3 is 6.18 Å². The molecule has 11 nitrogen and oxygen atoms in total. The number of likely N-dealkylation sites (N-methyl/N-ethyl adjacent to an activating group) is 1. The molecule has 2 aromatic rings. The van der Waals surface area contributed by atoms with Crippen LogP contribution in [0.3, 0.4) is 0 Å². The van der Waals surface area contributed by atoms with Gasteiger partial charge in [-0.1, -0.05) is 6.92 Å². The van der Waals surface area contributed by atoms with E-state index < -0.39 is 40.0 Å². The van der Waals surface area contributed by atoms with Crippen LogP contribution in [0, 0.1) is 5.92 Å². The molecule has 2 amide bonds. The molecule has 0 unspecified atom stereocenters. The monoisotopic (exact) mass is 615 g/mol. The quantitative estimate of drug-likeness (QED) is 0.543. The Morgan fingerprint density at radius 1 is 1.05 bits per heavy atom. The minimum Gasteiger partial charge on any atom is -0.491 e. The zero-order chi connectivity index (χ0) is 30.8. The Balaban J connectivity index is 1.66. The number of amides is 2. The highest BCUT2D eigenvalue weighted by molar-refractivity contribution is 7.92. The maximum absolute atomic E-state index is 13.7. The number of nitrogens with one attached hydrogen (secondary N) is 1. The Morgan fingerprint density at radius 3 is 2.43 bits per heavy atom. The van der Waals surface area contributed by atoms with Crippen LogP contribution in [0.1, 0.15) is 34.6 Å². The van der Waals surface area contributed by atoms with Gasteiger partial charge in [-0.3, -0.25) is 14.3 Å². The summed E-state index contributed by atoms with van der Waals surface area (Å²) in [6.07, 6.45) is -5.46. The minimum atomic E-state index is -4.95. The molecule has 1 N–H and O–H groups in total. The number of rotatable bonds is 5. The highest BCUT2D eigenvalue weighted by Gasteiger charge is 2.36. The van der Waals surface area contributed by atoms with Crippen molar-refractivity contribution >= 4 is 27.5 Å². The SMILES string of the molecule is CO[C@@H]1CN(C)C(=O)c2cc(NS(=O)(=O)CC(F)(F)F)ccc2OC[C@H](C)N(C(=O)c2ccc3c(c2)OCO3)C[C@@H]1C. The van der Waals surface area contributed by atoms with Gasteiger partial charge in [0, 0.05) is 44.4 Å². The Bertz CT molecular complexity index is 1440. The lowest BCUT2D eigenvalue weighted by Crippen LogP contribution is -2.48. The van der Waals surface area contributed by atoms with Crippen LogP contribution in [0.2, 0.25) is 0 Å². The zero-order valence-corrected chi connectivity index (χ0v) is 24.3. The van der Waals surface area contributed by atoms with Crippen LogP contribution in [0.25, 0.3) is 0 Å². The van der Waals surface area contributed by atoms with Gasteiger partial charge in [-0.05, 0) is 43.3 Å². The number of halogens is 3. The second kappa shape index (κ2) is 12.3. The number of benzene rings is 2. The van der Waals surface area contributed by atoms with E-state index in [4.69, 9.17) is 18.9 Å². The summed E-state index contributed by atoms with van der Waals surface area (Å²) in [4.78, 5) is 30.2. The van der Waals surface area contributed by atoms with E-state index in [1.165, 1.54) is 31.2 Å². The number of hydrogen-bond donors (Lipinski definition) is 1. The molecule has 2 aliphatic rings. The molecule has 0 aliphatic carbocycles. The Labute approximate surface area is 241 Å². The Morgan fingerprint density at radius 2 is 1.74 bits per heavy atom. The molecule has 42 heavy (non-hydrogen) atoms.